The average Bonchev–Trinajstić information content (AvgIpc) is 3.00. The zero-order valence-corrected chi connectivity index (χ0v) is 10.9. The van der Waals surface area contributed by atoms with Gasteiger partial charge in [-0.2, -0.15) is 0 Å². The minimum absolute atomic E-state index is 0.0481. The molecule has 3 aliphatic rings. The summed E-state index contributed by atoms with van der Waals surface area (Å²) in [5, 5.41) is 9.96. The van der Waals surface area contributed by atoms with Gasteiger partial charge in [-0.15, -0.1) is 0 Å². The fraction of sp³-hybridized carbons (Fsp3) is 1.00. The van der Waals surface area contributed by atoms with Crippen LogP contribution in [0.25, 0.3) is 0 Å². The molecule has 0 radical (unpaired) electrons. The minimum atomic E-state index is -0.0481. The Bertz CT molecular complexity index is 245. The van der Waals surface area contributed by atoms with Crippen LogP contribution < -0.4 is 0 Å². The maximum atomic E-state index is 9.96. The smallest absolute Gasteiger partial charge is 0.0695 e. The predicted octanol–water partition coefficient (Wildman–Crippen LogP) is 1.46. The van der Waals surface area contributed by atoms with E-state index in [0.29, 0.717) is 6.04 Å². The number of aliphatic hydroxyl groups excluding tert-OH is 1. The van der Waals surface area contributed by atoms with Gasteiger partial charge in [-0.1, -0.05) is 12.8 Å². The van der Waals surface area contributed by atoms with Gasteiger partial charge in [-0.25, -0.2) is 0 Å². The Morgan fingerprint density at radius 3 is 1.94 bits per heavy atom. The van der Waals surface area contributed by atoms with E-state index in [9.17, 15) is 5.11 Å². The normalized spacial score (nSPS) is 37.9. The Hall–Kier alpha value is -0.120. The van der Waals surface area contributed by atoms with E-state index in [0.717, 1.165) is 12.5 Å². The average molecular weight is 238 g/mol. The summed E-state index contributed by atoms with van der Waals surface area (Å²) in [4.78, 5) is 5.24. The summed E-state index contributed by atoms with van der Waals surface area (Å²) in [6.45, 7) is 4.82. The first-order valence-electron chi connectivity index (χ1n) is 7.51. The van der Waals surface area contributed by atoms with Crippen molar-refractivity contribution in [2.75, 3.05) is 26.2 Å². The zero-order chi connectivity index (χ0) is 11.7. The number of rotatable bonds is 2. The van der Waals surface area contributed by atoms with Crippen LogP contribution in [-0.4, -0.2) is 59.3 Å². The van der Waals surface area contributed by atoms with Gasteiger partial charge >= 0.3 is 0 Å². The van der Waals surface area contributed by atoms with Crippen LogP contribution in [0.1, 0.15) is 44.9 Å². The molecule has 98 valence electrons. The van der Waals surface area contributed by atoms with E-state index in [1.165, 1.54) is 64.7 Å². The number of hydrogen-bond acceptors (Lipinski definition) is 3. The second-order valence-corrected chi connectivity index (χ2v) is 6.08. The molecule has 1 saturated heterocycles. The van der Waals surface area contributed by atoms with Gasteiger partial charge in [-0.3, -0.25) is 9.80 Å². The van der Waals surface area contributed by atoms with Crippen molar-refractivity contribution in [3.8, 4) is 0 Å². The van der Waals surface area contributed by atoms with Gasteiger partial charge in [0.05, 0.1) is 6.10 Å². The summed E-state index contributed by atoms with van der Waals surface area (Å²) < 4.78 is 0. The lowest BCUT2D eigenvalue weighted by atomic mass is 10.1. The third-order valence-corrected chi connectivity index (χ3v) is 5.10. The van der Waals surface area contributed by atoms with E-state index in [-0.39, 0.29) is 6.10 Å². The molecule has 1 aliphatic heterocycles. The van der Waals surface area contributed by atoms with Gasteiger partial charge in [0.1, 0.15) is 0 Å². The van der Waals surface area contributed by atoms with Crippen molar-refractivity contribution in [1.82, 2.24) is 9.80 Å². The molecule has 0 aromatic carbocycles. The van der Waals surface area contributed by atoms with E-state index in [1.54, 1.807) is 0 Å². The second kappa shape index (κ2) is 5.25. The molecule has 0 aromatic rings. The number of piperazine rings is 1. The molecular weight excluding hydrogens is 212 g/mol. The molecule has 3 fully saturated rings. The zero-order valence-electron chi connectivity index (χ0n) is 10.9. The largest absolute Gasteiger partial charge is 0.391 e. The maximum Gasteiger partial charge on any atom is 0.0695 e. The van der Waals surface area contributed by atoms with Crippen LogP contribution >= 0.6 is 0 Å². The molecule has 0 unspecified atom stereocenters. The third kappa shape index (κ3) is 2.51. The molecule has 0 bridgehead atoms. The van der Waals surface area contributed by atoms with Crippen molar-refractivity contribution in [2.45, 2.75) is 63.1 Å². The van der Waals surface area contributed by atoms with E-state index in [2.05, 4.69) is 9.80 Å². The Morgan fingerprint density at radius 1 is 0.706 bits per heavy atom. The summed E-state index contributed by atoms with van der Waals surface area (Å²) in [5.41, 5.74) is 0. The fourth-order valence-corrected chi connectivity index (χ4v) is 4.05. The minimum Gasteiger partial charge on any atom is -0.391 e. The van der Waals surface area contributed by atoms with Crippen molar-refractivity contribution in [3.05, 3.63) is 0 Å². The summed E-state index contributed by atoms with van der Waals surface area (Å²) in [6, 6.07) is 1.35. The van der Waals surface area contributed by atoms with Crippen LogP contribution in [0, 0.1) is 0 Å². The van der Waals surface area contributed by atoms with Crippen LogP contribution in [0.5, 0.6) is 0 Å². The summed E-state index contributed by atoms with van der Waals surface area (Å²) in [5.74, 6) is 0. The molecule has 1 N–H and O–H groups in total. The Labute approximate surface area is 105 Å². The molecule has 3 nitrogen and oxygen atoms in total. The van der Waals surface area contributed by atoms with Crippen molar-refractivity contribution in [1.29, 1.82) is 0 Å². The Morgan fingerprint density at radius 2 is 1.35 bits per heavy atom. The predicted molar refractivity (Wildman–Crippen MR) is 69.0 cm³/mol. The molecule has 2 atom stereocenters. The highest BCUT2D eigenvalue weighted by atomic mass is 16.3. The molecule has 2 aliphatic carbocycles. The van der Waals surface area contributed by atoms with E-state index in [1.807, 2.05) is 0 Å². The van der Waals surface area contributed by atoms with Crippen molar-refractivity contribution >= 4 is 0 Å². The van der Waals surface area contributed by atoms with E-state index >= 15 is 0 Å². The van der Waals surface area contributed by atoms with Crippen LogP contribution in [-0.2, 0) is 0 Å². The molecule has 3 rings (SSSR count). The Balaban J connectivity index is 1.49. The fourth-order valence-electron chi connectivity index (χ4n) is 4.05. The molecule has 0 spiro atoms. The topological polar surface area (TPSA) is 26.7 Å². The van der Waals surface area contributed by atoms with Crippen LogP contribution in [0.3, 0.4) is 0 Å². The first kappa shape index (κ1) is 11.9. The van der Waals surface area contributed by atoms with Crippen molar-refractivity contribution < 1.29 is 5.11 Å². The molecular formula is C14H26N2O. The molecule has 3 heteroatoms. The number of hydrogen-bond donors (Lipinski definition) is 1. The van der Waals surface area contributed by atoms with Crippen LogP contribution in [0.2, 0.25) is 0 Å². The molecule has 1 heterocycles. The standard InChI is InChI=1S/C14H26N2O/c17-14-7-3-6-13(14)16-10-8-15(9-11-16)12-4-1-2-5-12/h12-14,17H,1-11H2/t13-,14-/m1/s1. The maximum absolute atomic E-state index is 9.96. The molecule has 2 saturated carbocycles. The number of aliphatic hydroxyl groups is 1. The third-order valence-electron chi connectivity index (χ3n) is 5.10. The van der Waals surface area contributed by atoms with Gasteiger partial charge in [0.2, 0.25) is 0 Å². The second-order valence-electron chi connectivity index (χ2n) is 6.08. The first-order chi connectivity index (χ1) is 8.34. The molecule has 0 aromatic heterocycles. The summed E-state index contributed by atoms with van der Waals surface area (Å²) in [6.07, 6.45) is 9.12. The van der Waals surface area contributed by atoms with Gasteiger partial charge in [0.15, 0.2) is 0 Å². The van der Waals surface area contributed by atoms with Crippen molar-refractivity contribution in [2.24, 2.45) is 0 Å². The van der Waals surface area contributed by atoms with E-state index < -0.39 is 0 Å². The van der Waals surface area contributed by atoms with Crippen molar-refractivity contribution in [3.63, 3.8) is 0 Å². The van der Waals surface area contributed by atoms with Gasteiger partial charge < -0.3 is 5.11 Å². The first-order valence-corrected chi connectivity index (χ1v) is 7.51. The summed E-state index contributed by atoms with van der Waals surface area (Å²) >= 11 is 0. The summed E-state index contributed by atoms with van der Waals surface area (Å²) in [7, 11) is 0. The lowest BCUT2D eigenvalue weighted by Gasteiger charge is -2.41. The Kier molecular flexibility index (Phi) is 3.69. The van der Waals surface area contributed by atoms with Crippen LogP contribution in [0.15, 0.2) is 0 Å². The van der Waals surface area contributed by atoms with Gasteiger partial charge in [0, 0.05) is 38.3 Å². The lowest BCUT2D eigenvalue weighted by molar-refractivity contribution is 0.0243. The SMILES string of the molecule is O[C@@H]1CCC[C@H]1N1CCN(C2CCCC2)CC1. The monoisotopic (exact) mass is 238 g/mol. The lowest BCUT2D eigenvalue weighted by Crippen LogP contribution is -2.54. The highest BCUT2D eigenvalue weighted by molar-refractivity contribution is 4.89. The highest BCUT2D eigenvalue weighted by Gasteiger charge is 2.34. The molecule has 17 heavy (non-hydrogen) atoms. The van der Waals surface area contributed by atoms with Crippen LogP contribution in [0.4, 0.5) is 0 Å². The van der Waals surface area contributed by atoms with E-state index in [4.69, 9.17) is 0 Å². The quantitative estimate of drug-likeness (QED) is 0.789. The number of nitrogens with zero attached hydrogens (tertiary/aromatic N) is 2. The molecule has 0 amide bonds. The highest BCUT2D eigenvalue weighted by Crippen LogP contribution is 2.28. The van der Waals surface area contributed by atoms with Gasteiger partial charge in [0.25, 0.3) is 0 Å². The van der Waals surface area contributed by atoms with Gasteiger partial charge in [-0.05, 0) is 32.1 Å².